The summed E-state index contributed by atoms with van der Waals surface area (Å²) in [5.74, 6) is 0. The van der Waals surface area contributed by atoms with Gasteiger partial charge >= 0.3 is 0 Å². The molecule has 0 radical (unpaired) electrons. The van der Waals surface area contributed by atoms with E-state index in [4.69, 9.17) is 0 Å². The van der Waals surface area contributed by atoms with Crippen molar-refractivity contribution in [2.75, 3.05) is 7.05 Å². The van der Waals surface area contributed by atoms with E-state index in [0.29, 0.717) is 6.04 Å². The Morgan fingerprint density at radius 3 is 1.90 bits per heavy atom. The summed E-state index contributed by atoms with van der Waals surface area (Å²) in [7, 11) is 2.10. The fourth-order valence-corrected chi connectivity index (χ4v) is 3.48. The largest absolute Gasteiger partial charge is 0.313 e. The van der Waals surface area contributed by atoms with Crippen LogP contribution in [0.4, 0.5) is 0 Å². The average Bonchev–Trinajstić information content (AvgIpc) is 2.43. The normalized spacial score (nSPS) is 12.6. The molecule has 1 nitrogen and oxygen atoms in total. The van der Waals surface area contributed by atoms with Crippen LogP contribution in [-0.2, 0) is 0 Å². The van der Waals surface area contributed by atoms with E-state index < -0.39 is 0 Å². The number of unbranched alkanes of at least 4 members (excludes halogenated alkanes) is 6. The van der Waals surface area contributed by atoms with Crippen molar-refractivity contribution in [1.82, 2.24) is 5.32 Å². The molecule has 0 aromatic heterocycles. The van der Waals surface area contributed by atoms with Crippen LogP contribution in [0.2, 0.25) is 0 Å². The van der Waals surface area contributed by atoms with Gasteiger partial charge in [-0.05, 0) is 50.9 Å². The summed E-state index contributed by atoms with van der Waals surface area (Å²) in [4.78, 5) is 0. The van der Waals surface area contributed by atoms with E-state index >= 15 is 0 Å². The predicted octanol–water partition coefficient (Wildman–Crippen LogP) is 6.01. The zero-order chi connectivity index (χ0) is 15.7. The van der Waals surface area contributed by atoms with Gasteiger partial charge in [0.2, 0.25) is 0 Å². The lowest BCUT2D eigenvalue weighted by atomic mass is 9.91. The zero-order valence-electron chi connectivity index (χ0n) is 14.9. The number of benzene rings is 1. The van der Waals surface area contributed by atoms with Gasteiger partial charge in [-0.3, -0.25) is 0 Å². The summed E-state index contributed by atoms with van der Waals surface area (Å²) < 4.78 is 0. The molecule has 0 aliphatic rings. The third-order valence-corrected chi connectivity index (χ3v) is 4.53. The molecule has 0 aliphatic carbocycles. The van der Waals surface area contributed by atoms with Crippen LogP contribution in [0.25, 0.3) is 0 Å². The van der Waals surface area contributed by atoms with Gasteiger partial charge in [0.15, 0.2) is 0 Å². The van der Waals surface area contributed by atoms with Crippen LogP contribution in [0.3, 0.4) is 0 Å². The minimum atomic E-state index is 0.515. The molecule has 0 spiro atoms. The molecule has 21 heavy (non-hydrogen) atoms. The third-order valence-electron chi connectivity index (χ3n) is 4.53. The number of hydrogen-bond acceptors (Lipinski definition) is 1. The molecular formula is C20H35N. The van der Waals surface area contributed by atoms with Crippen LogP contribution >= 0.6 is 0 Å². The van der Waals surface area contributed by atoms with Gasteiger partial charge in [0.1, 0.15) is 0 Å². The lowest BCUT2D eigenvalue weighted by Crippen LogP contribution is -2.18. The summed E-state index contributed by atoms with van der Waals surface area (Å²) in [6.07, 6.45) is 11.0. The van der Waals surface area contributed by atoms with Crippen molar-refractivity contribution < 1.29 is 0 Å². The number of nitrogens with one attached hydrogen (secondary N) is 1. The van der Waals surface area contributed by atoms with Crippen LogP contribution < -0.4 is 5.32 Å². The molecule has 0 amide bonds. The first-order valence-electron chi connectivity index (χ1n) is 8.85. The van der Waals surface area contributed by atoms with Gasteiger partial charge in [-0.15, -0.1) is 0 Å². The molecule has 0 aliphatic heterocycles. The quantitative estimate of drug-likeness (QED) is 0.520. The molecule has 1 unspecified atom stereocenters. The second-order valence-corrected chi connectivity index (χ2v) is 6.56. The maximum Gasteiger partial charge on any atom is 0.0322 e. The Kier molecular flexibility index (Phi) is 8.68. The van der Waals surface area contributed by atoms with Crippen LogP contribution in [0.15, 0.2) is 12.1 Å². The van der Waals surface area contributed by atoms with E-state index in [1.54, 1.807) is 0 Å². The van der Waals surface area contributed by atoms with Gasteiger partial charge in [0.25, 0.3) is 0 Å². The van der Waals surface area contributed by atoms with E-state index in [0.717, 1.165) is 0 Å². The fraction of sp³-hybridized carbons (Fsp3) is 0.700. The molecule has 1 heteroatoms. The summed E-state index contributed by atoms with van der Waals surface area (Å²) in [5, 5.41) is 3.53. The molecule has 1 aromatic carbocycles. The minimum absolute atomic E-state index is 0.515. The van der Waals surface area contributed by atoms with E-state index in [1.807, 2.05) is 0 Å². The Morgan fingerprint density at radius 2 is 1.38 bits per heavy atom. The number of aryl methyl sites for hydroxylation is 3. The van der Waals surface area contributed by atoms with Crippen LogP contribution in [0.1, 0.15) is 86.6 Å². The molecule has 0 fully saturated rings. The fourth-order valence-electron chi connectivity index (χ4n) is 3.48. The van der Waals surface area contributed by atoms with Crippen molar-refractivity contribution in [3.63, 3.8) is 0 Å². The van der Waals surface area contributed by atoms with E-state index in [-0.39, 0.29) is 0 Å². The molecule has 0 saturated carbocycles. The van der Waals surface area contributed by atoms with E-state index in [9.17, 15) is 0 Å². The Balaban J connectivity index is 2.45. The van der Waals surface area contributed by atoms with Crippen molar-refractivity contribution in [3.05, 3.63) is 34.4 Å². The maximum absolute atomic E-state index is 3.53. The van der Waals surface area contributed by atoms with Crippen LogP contribution in [0, 0.1) is 20.8 Å². The molecule has 1 N–H and O–H groups in total. The van der Waals surface area contributed by atoms with Crippen LogP contribution in [0.5, 0.6) is 0 Å². The molecule has 1 rings (SSSR count). The average molecular weight is 290 g/mol. The second kappa shape index (κ2) is 10.00. The molecule has 0 heterocycles. The Bertz CT molecular complexity index is 385. The van der Waals surface area contributed by atoms with Crippen molar-refractivity contribution >= 4 is 0 Å². The highest BCUT2D eigenvalue weighted by Crippen LogP contribution is 2.27. The molecular weight excluding hydrogens is 254 g/mol. The van der Waals surface area contributed by atoms with Gasteiger partial charge in [-0.2, -0.15) is 0 Å². The van der Waals surface area contributed by atoms with Crippen molar-refractivity contribution in [2.24, 2.45) is 0 Å². The van der Waals surface area contributed by atoms with Gasteiger partial charge in [-0.1, -0.05) is 69.6 Å². The van der Waals surface area contributed by atoms with Gasteiger partial charge in [-0.25, -0.2) is 0 Å². The summed E-state index contributed by atoms with van der Waals surface area (Å²) in [5.41, 5.74) is 5.78. The van der Waals surface area contributed by atoms with Gasteiger partial charge in [0.05, 0.1) is 0 Å². The minimum Gasteiger partial charge on any atom is -0.313 e. The number of rotatable bonds is 10. The highest BCUT2D eigenvalue weighted by molar-refractivity contribution is 5.39. The first-order valence-corrected chi connectivity index (χ1v) is 8.85. The molecule has 0 saturated heterocycles. The molecule has 0 bridgehead atoms. The van der Waals surface area contributed by atoms with Crippen molar-refractivity contribution in [3.8, 4) is 0 Å². The van der Waals surface area contributed by atoms with Gasteiger partial charge < -0.3 is 5.32 Å². The highest BCUT2D eigenvalue weighted by atomic mass is 14.9. The molecule has 120 valence electrons. The zero-order valence-corrected chi connectivity index (χ0v) is 14.9. The first-order chi connectivity index (χ1) is 10.1. The van der Waals surface area contributed by atoms with E-state index in [1.165, 1.54) is 73.6 Å². The molecule has 1 atom stereocenters. The summed E-state index contributed by atoms with van der Waals surface area (Å²) >= 11 is 0. The van der Waals surface area contributed by atoms with Gasteiger partial charge in [0, 0.05) is 6.04 Å². The predicted molar refractivity (Wildman–Crippen MR) is 95.1 cm³/mol. The lowest BCUT2D eigenvalue weighted by Gasteiger charge is -2.22. The Morgan fingerprint density at radius 1 is 0.857 bits per heavy atom. The molecule has 1 aromatic rings. The third kappa shape index (κ3) is 6.22. The summed E-state index contributed by atoms with van der Waals surface area (Å²) in [6, 6.07) is 5.15. The topological polar surface area (TPSA) is 12.0 Å². The standard InChI is InChI=1S/C20H35N/c1-6-7-8-9-10-11-12-13-19(21-5)20-17(3)14-16(2)15-18(20)4/h14-15,19,21H,6-13H2,1-5H3. The van der Waals surface area contributed by atoms with Crippen molar-refractivity contribution in [1.29, 1.82) is 0 Å². The Hall–Kier alpha value is -0.820. The highest BCUT2D eigenvalue weighted by Gasteiger charge is 2.14. The first kappa shape index (κ1) is 18.2. The second-order valence-electron chi connectivity index (χ2n) is 6.56. The monoisotopic (exact) mass is 289 g/mol. The number of hydrogen-bond donors (Lipinski definition) is 1. The van der Waals surface area contributed by atoms with Crippen molar-refractivity contribution in [2.45, 2.75) is 85.1 Å². The Labute approximate surface area is 132 Å². The maximum atomic E-state index is 3.53. The SMILES string of the molecule is CCCCCCCCCC(NC)c1c(C)cc(C)cc1C. The lowest BCUT2D eigenvalue weighted by molar-refractivity contribution is 0.493. The van der Waals surface area contributed by atoms with E-state index in [2.05, 4.69) is 52.2 Å². The summed E-state index contributed by atoms with van der Waals surface area (Å²) in [6.45, 7) is 8.98. The smallest absolute Gasteiger partial charge is 0.0322 e. The van der Waals surface area contributed by atoms with Crippen LogP contribution in [-0.4, -0.2) is 7.05 Å².